The van der Waals surface area contributed by atoms with E-state index in [1.165, 1.54) is 4.90 Å². The second kappa shape index (κ2) is 7.56. The first-order valence-corrected chi connectivity index (χ1v) is 9.11. The molecular weight excluding hydrogens is 310 g/mol. The third-order valence-electron chi connectivity index (χ3n) is 3.69. The van der Waals surface area contributed by atoms with Gasteiger partial charge >= 0.3 is 0 Å². The predicted molar refractivity (Wildman–Crippen MR) is 85.4 cm³/mol. The molecule has 1 saturated heterocycles. The van der Waals surface area contributed by atoms with Crippen LogP contribution in [0.2, 0.25) is 5.02 Å². The summed E-state index contributed by atoms with van der Waals surface area (Å²) < 4.78 is 27.8. The first-order valence-electron chi connectivity index (χ1n) is 7.13. The number of halogens is 1. The average Bonchev–Trinajstić information content (AvgIpc) is 2.40. The van der Waals surface area contributed by atoms with Gasteiger partial charge in [-0.15, -0.1) is 0 Å². The smallest absolute Gasteiger partial charge is 0.0900 e. The lowest BCUT2D eigenvalue weighted by molar-refractivity contribution is -0.902. The van der Waals surface area contributed by atoms with Gasteiger partial charge in [0.25, 0.3) is 0 Å². The van der Waals surface area contributed by atoms with Crippen molar-refractivity contribution in [3.8, 4) is 0 Å². The number of nitrogens with one attached hydrogen (secondary N) is 1. The van der Waals surface area contributed by atoms with Crippen LogP contribution in [0.15, 0.2) is 24.3 Å². The van der Waals surface area contributed by atoms with Gasteiger partial charge in [-0.2, -0.15) is 0 Å². The molecule has 1 fully saturated rings. The quantitative estimate of drug-likeness (QED) is 0.819. The Morgan fingerprint density at radius 3 is 2.71 bits per heavy atom. The Labute approximate surface area is 131 Å². The summed E-state index contributed by atoms with van der Waals surface area (Å²) in [5.41, 5.74) is 0.679. The van der Waals surface area contributed by atoms with Crippen molar-refractivity contribution in [3.05, 3.63) is 39.6 Å². The largest absolute Gasteiger partial charge is 0.544 e. The summed E-state index contributed by atoms with van der Waals surface area (Å²) in [5.74, 6) is -0.0777. The van der Waals surface area contributed by atoms with E-state index in [0.29, 0.717) is 17.1 Å². The van der Waals surface area contributed by atoms with E-state index in [9.17, 15) is 8.42 Å². The first-order chi connectivity index (χ1) is 9.94. The predicted octanol–water partition coefficient (Wildman–Crippen LogP) is 0.374. The van der Waals surface area contributed by atoms with Crippen LogP contribution >= 0.6 is 11.6 Å². The molecule has 21 heavy (non-hydrogen) atoms. The molecule has 0 amide bonds. The second-order valence-electron chi connectivity index (χ2n) is 5.51. The molecule has 0 bridgehead atoms. The van der Waals surface area contributed by atoms with Gasteiger partial charge in [-0.25, -0.2) is 8.42 Å². The van der Waals surface area contributed by atoms with E-state index >= 15 is 0 Å². The number of likely N-dealkylation sites (N-methyl/N-ethyl adjacent to an activating group) is 1. The van der Waals surface area contributed by atoms with Gasteiger partial charge in [0.05, 0.1) is 35.4 Å². The standard InChI is InChI=1S/C14H21ClN3O2S/c1-17-7-9-18(10-8-17)6-5-16-21(19,20)12-13-3-2-4-14(15)11-13/h2-4,11H,5-10,12H2,1H3/q-1/p+1. The summed E-state index contributed by atoms with van der Waals surface area (Å²) in [6.45, 7) is 5.38. The van der Waals surface area contributed by atoms with E-state index in [1.807, 2.05) is 0 Å². The van der Waals surface area contributed by atoms with Crippen LogP contribution in [0.5, 0.6) is 0 Å². The molecule has 1 N–H and O–H groups in total. The number of quaternary nitrogens is 1. The van der Waals surface area contributed by atoms with Gasteiger partial charge in [0, 0.05) is 18.1 Å². The Hall–Kier alpha value is -0.660. The van der Waals surface area contributed by atoms with Crippen LogP contribution in [-0.2, 0) is 15.8 Å². The Morgan fingerprint density at radius 2 is 2.05 bits per heavy atom. The van der Waals surface area contributed by atoms with Crippen molar-refractivity contribution in [2.24, 2.45) is 0 Å². The van der Waals surface area contributed by atoms with Crippen molar-refractivity contribution < 1.29 is 13.3 Å². The van der Waals surface area contributed by atoms with Gasteiger partial charge in [-0.1, -0.05) is 30.3 Å². The van der Waals surface area contributed by atoms with E-state index in [0.717, 1.165) is 32.7 Å². The van der Waals surface area contributed by atoms with Crippen molar-refractivity contribution in [2.45, 2.75) is 5.75 Å². The van der Waals surface area contributed by atoms with Crippen LogP contribution in [-0.4, -0.2) is 59.6 Å². The third-order valence-corrected chi connectivity index (χ3v) is 5.19. The molecule has 1 aliphatic rings. The minimum atomic E-state index is -3.42. The molecule has 0 aromatic heterocycles. The number of hydrogen-bond acceptors (Lipinski definition) is 3. The van der Waals surface area contributed by atoms with E-state index < -0.39 is 10.0 Å². The topological polar surface area (TPSA) is 55.9 Å². The highest BCUT2D eigenvalue weighted by molar-refractivity contribution is 7.93. The summed E-state index contributed by atoms with van der Waals surface area (Å²) in [6, 6.07) is 6.90. The van der Waals surface area contributed by atoms with Gasteiger partial charge in [-0.3, -0.25) is 4.90 Å². The maximum absolute atomic E-state index is 12.0. The fourth-order valence-corrected chi connectivity index (χ4v) is 3.69. The van der Waals surface area contributed by atoms with Crippen LogP contribution in [0.4, 0.5) is 0 Å². The zero-order chi connectivity index (χ0) is 15.3. The van der Waals surface area contributed by atoms with E-state index in [2.05, 4.69) is 16.7 Å². The Bertz CT molecular complexity index is 557. The molecule has 1 aliphatic heterocycles. The third kappa shape index (κ3) is 5.92. The van der Waals surface area contributed by atoms with Gasteiger partial charge in [0.1, 0.15) is 0 Å². The summed E-state index contributed by atoms with van der Waals surface area (Å²) in [4.78, 5) is 3.71. The van der Waals surface area contributed by atoms with Crippen molar-refractivity contribution in [1.82, 2.24) is 4.90 Å². The van der Waals surface area contributed by atoms with Gasteiger partial charge in [0.2, 0.25) is 0 Å². The number of piperazine rings is 1. The van der Waals surface area contributed by atoms with E-state index in [-0.39, 0.29) is 5.75 Å². The number of nitrogens with zero attached hydrogens (tertiary/aromatic N) is 2. The highest BCUT2D eigenvalue weighted by atomic mass is 35.5. The second-order valence-corrected chi connectivity index (χ2v) is 7.66. The van der Waals surface area contributed by atoms with Crippen LogP contribution in [0.25, 0.3) is 4.72 Å². The Balaban J connectivity index is 1.76. The number of benzene rings is 1. The minimum Gasteiger partial charge on any atom is -0.544 e. The monoisotopic (exact) mass is 331 g/mol. The lowest BCUT2D eigenvalue weighted by Crippen LogP contribution is -3.15. The molecule has 0 saturated carbocycles. The fraction of sp³-hybridized carbons (Fsp3) is 0.571. The van der Waals surface area contributed by atoms with Crippen molar-refractivity contribution in [3.63, 3.8) is 0 Å². The molecule has 0 radical (unpaired) electrons. The molecule has 1 aromatic carbocycles. The van der Waals surface area contributed by atoms with Crippen molar-refractivity contribution in [2.75, 3.05) is 46.3 Å². The van der Waals surface area contributed by atoms with E-state index in [4.69, 9.17) is 11.6 Å². The maximum atomic E-state index is 12.0. The molecule has 0 atom stereocenters. The van der Waals surface area contributed by atoms with Crippen LogP contribution in [0.1, 0.15) is 5.56 Å². The summed E-state index contributed by atoms with van der Waals surface area (Å²) in [7, 11) is -1.31. The Morgan fingerprint density at radius 1 is 1.33 bits per heavy atom. The molecule has 0 spiro atoms. The lowest BCUT2D eigenvalue weighted by Gasteiger charge is -2.31. The molecule has 2 rings (SSSR count). The number of hydrogen-bond donors (Lipinski definition) is 1. The molecule has 118 valence electrons. The van der Waals surface area contributed by atoms with E-state index in [1.54, 1.807) is 24.3 Å². The summed E-state index contributed by atoms with van der Waals surface area (Å²) >= 11 is 5.86. The van der Waals surface area contributed by atoms with Crippen molar-refractivity contribution in [1.29, 1.82) is 0 Å². The molecular formula is C14H22ClN3O2S. The molecule has 1 aromatic rings. The fourth-order valence-electron chi connectivity index (χ4n) is 2.41. The normalized spacial score (nSPS) is 18.0. The number of rotatable bonds is 6. The number of sulfonamides is 1. The molecule has 7 heteroatoms. The van der Waals surface area contributed by atoms with Crippen LogP contribution in [0, 0.1) is 0 Å². The summed E-state index contributed by atoms with van der Waals surface area (Å²) in [6.07, 6.45) is 0. The lowest BCUT2D eigenvalue weighted by atomic mass is 10.2. The SMILES string of the molecule is CN1CC[NH+](CC[N-]S(=O)(=O)Cc2cccc(Cl)c2)CC1. The van der Waals surface area contributed by atoms with Gasteiger partial charge < -0.3 is 9.62 Å². The summed E-state index contributed by atoms with van der Waals surface area (Å²) in [5, 5.41) is 0.546. The molecule has 5 nitrogen and oxygen atoms in total. The highest BCUT2D eigenvalue weighted by Crippen LogP contribution is 2.15. The molecule has 0 unspecified atom stereocenters. The van der Waals surface area contributed by atoms with Gasteiger partial charge in [-0.05, 0) is 24.7 Å². The average molecular weight is 332 g/mol. The zero-order valence-corrected chi connectivity index (χ0v) is 13.8. The maximum Gasteiger partial charge on any atom is 0.0900 e. The minimum absolute atomic E-state index is 0.0777. The molecule has 1 heterocycles. The Kier molecular flexibility index (Phi) is 6.01. The highest BCUT2D eigenvalue weighted by Gasteiger charge is 2.15. The van der Waals surface area contributed by atoms with Crippen LogP contribution < -0.4 is 4.90 Å². The zero-order valence-electron chi connectivity index (χ0n) is 12.3. The molecule has 0 aliphatic carbocycles. The van der Waals surface area contributed by atoms with Gasteiger partial charge in [0.15, 0.2) is 0 Å². The van der Waals surface area contributed by atoms with Crippen LogP contribution in [0.3, 0.4) is 0 Å². The first kappa shape index (κ1) is 16.7. The van der Waals surface area contributed by atoms with Crippen molar-refractivity contribution >= 4 is 21.6 Å².